The monoisotopic (exact) mass is 625 g/mol. The van der Waals surface area contributed by atoms with Crippen molar-refractivity contribution < 1.29 is 0 Å². The summed E-state index contributed by atoms with van der Waals surface area (Å²) in [5.41, 5.74) is 15.4. The minimum absolute atomic E-state index is 1.10. The van der Waals surface area contributed by atoms with E-state index in [2.05, 4.69) is 217 Å². The molecule has 0 aliphatic rings. The van der Waals surface area contributed by atoms with E-state index in [0.717, 1.165) is 17.1 Å². The lowest BCUT2D eigenvalue weighted by Gasteiger charge is -2.27. The molecule has 8 aromatic carbocycles. The van der Waals surface area contributed by atoms with E-state index in [0.29, 0.717) is 0 Å². The van der Waals surface area contributed by atoms with Crippen molar-refractivity contribution in [2.75, 3.05) is 4.90 Å². The minimum Gasteiger partial charge on any atom is -0.310 e. The average Bonchev–Trinajstić information content (AvgIpc) is 3.20. The molecular weight excluding hydrogens is 591 g/mol. The number of nitrogens with zero attached hydrogens (tertiary/aromatic N) is 1. The number of hydrogen-bond acceptors (Lipinski definition) is 1. The summed E-state index contributed by atoms with van der Waals surface area (Å²) in [5, 5.41) is 0. The van der Waals surface area contributed by atoms with Crippen LogP contribution in [0, 0.1) is 0 Å². The smallest absolute Gasteiger partial charge is 0.0468 e. The summed E-state index contributed by atoms with van der Waals surface area (Å²) in [7, 11) is 0. The molecule has 232 valence electrons. The number of anilines is 3. The molecule has 0 saturated carbocycles. The maximum atomic E-state index is 2.35. The highest BCUT2D eigenvalue weighted by atomic mass is 15.1. The van der Waals surface area contributed by atoms with Crippen LogP contribution in [0.2, 0.25) is 0 Å². The van der Waals surface area contributed by atoms with Gasteiger partial charge < -0.3 is 4.90 Å². The first-order chi connectivity index (χ1) is 24.3. The SMILES string of the molecule is c1ccc(-c2ccc(N(c3ccccc3)c3ccc(-c4ccccc4-c4ccccc4-c4ccccc4)cc3)cc2-c2ccccc2)cc1. The zero-order valence-electron chi connectivity index (χ0n) is 27.2. The fourth-order valence-electron chi connectivity index (χ4n) is 6.77. The Bertz CT molecular complexity index is 2290. The largest absolute Gasteiger partial charge is 0.310 e. The first kappa shape index (κ1) is 29.9. The van der Waals surface area contributed by atoms with Crippen LogP contribution >= 0.6 is 0 Å². The lowest BCUT2D eigenvalue weighted by atomic mass is 9.89. The number of rotatable bonds is 8. The highest BCUT2D eigenvalue weighted by Gasteiger charge is 2.17. The van der Waals surface area contributed by atoms with E-state index in [4.69, 9.17) is 0 Å². The van der Waals surface area contributed by atoms with Crippen LogP contribution < -0.4 is 4.90 Å². The van der Waals surface area contributed by atoms with E-state index in [1.54, 1.807) is 0 Å². The van der Waals surface area contributed by atoms with E-state index in [1.807, 2.05) is 0 Å². The third-order valence-corrected chi connectivity index (χ3v) is 9.11. The van der Waals surface area contributed by atoms with Crippen molar-refractivity contribution in [3.05, 3.63) is 212 Å². The van der Waals surface area contributed by atoms with Gasteiger partial charge in [-0.15, -0.1) is 0 Å². The molecule has 1 nitrogen and oxygen atoms in total. The second-order valence-corrected chi connectivity index (χ2v) is 12.1. The fraction of sp³-hybridized carbons (Fsp3) is 0. The molecule has 49 heavy (non-hydrogen) atoms. The Morgan fingerprint density at radius 3 is 1.02 bits per heavy atom. The van der Waals surface area contributed by atoms with Gasteiger partial charge in [0.2, 0.25) is 0 Å². The van der Waals surface area contributed by atoms with Crippen molar-refractivity contribution in [3.63, 3.8) is 0 Å². The topological polar surface area (TPSA) is 3.24 Å². The Kier molecular flexibility index (Phi) is 8.39. The van der Waals surface area contributed by atoms with Crippen molar-refractivity contribution in [1.82, 2.24) is 0 Å². The molecule has 0 saturated heterocycles. The highest BCUT2D eigenvalue weighted by Crippen LogP contribution is 2.42. The predicted molar refractivity (Wildman–Crippen MR) is 208 cm³/mol. The van der Waals surface area contributed by atoms with Crippen LogP contribution in [0.1, 0.15) is 0 Å². The van der Waals surface area contributed by atoms with Crippen LogP contribution in [0.4, 0.5) is 17.1 Å². The van der Waals surface area contributed by atoms with Crippen LogP contribution in [0.3, 0.4) is 0 Å². The van der Waals surface area contributed by atoms with Gasteiger partial charge in [0.1, 0.15) is 0 Å². The molecule has 8 aromatic rings. The maximum absolute atomic E-state index is 2.35. The summed E-state index contributed by atoms with van der Waals surface area (Å²) in [5.74, 6) is 0. The van der Waals surface area contributed by atoms with E-state index >= 15 is 0 Å². The summed E-state index contributed by atoms with van der Waals surface area (Å²) in [6.45, 7) is 0. The third kappa shape index (κ3) is 6.18. The first-order valence-corrected chi connectivity index (χ1v) is 16.8. The van der Waals surface area contributed by atoms with Gasteiger partial charge in [0.05, 0.1) is 0 Å². The number of benzene rings is 8. The summed E-state index contributed by atoms with van der Waals surface area (Å²) in [6.07, 6.45) is 0. The molecule has 0 amide bonds. The number of hydrogen-bond donors (Lipinski definition) is 0. The lowest BCUT2D eigenvalue weighted by molar-refractivity contribution is 1.28. The van der Waals surface area contributed by atoms with E-state index < -0.39 is 0 Å². The van der Waals surface area contributed by atoms with Crippen LogP contribution in [-0.2, 0) is 0 Å². The van der Waals surface area contributed by atoms with Gasteiger partial charge in [0.25, 0.3) is 0 Å². The summed E-state index contributed by atoms with van der Waals surface area (Å²) in [4.78, 5) is 2.35. The molecule has 1 heteroatoms. The van der Waals surface area contributed by atoms with Crippen LogP contribution in [-0.4, -0.2) is 0 Å². The van der Waals surface area contributed by atoms with Crippen molar-refractivity contribution in [2.45, 2.75) is 0 Å². The van der Waals surface area contributed by atoms with Crippen molar-refractivity contribution in [1.29, 1.82) is 0 Å². The molecule has 0 spiro atoms. The molecule has 0 aliphatic heterocycles. The van der Waals surface area contributed by atoms with E-state index in [9.17, 15) is 0 Å². The van der Waals surface area contributed by atoms with Crippen LogP contribution in [0.15, 0.2) is 212 Å². The van der Waals surface area contributed by atoms with Gasteiger partial charge >= 0.3 is 0 Å². The molecule has 0 heterocycles. The zero-order chi connectivity index (χ0) is 32.8. The Labute approximate surface area is 289 Å². The maximum Gasteiger partial charge on any atom is 0.0468 e. The molecule has 0 aliphatic carbocycles. The molecule has 0 bridgehead atoms. The van der Waals surface area contributed by atoms with Gasteiger partial charge in [-0.3, -0.25) is 0 Å². The van der Waals surface area contributed by atoms with Gasteiger partial charge in [-0.1, -0.05) is 176 Å². The fourth-order valence-corrected chi connectivity index (χ4v) is 6.77. The summed E-state index contributed by atoms with van der Waals surface area (Å²) < 4.78 is 0. The summed E-state index contributed by atoms with van der Waals surface area (Å²) >= 11 is 0. The van der Waals surface area contributed by atoms with Crippen molar-refractivity contribution in [3.8, 4) is 55.6 Å². The lowest BCUT2D eigenvalue weighted by Crippen LogP contribution is -2.10. The van der Waals surface area contributed by atoms with E-state index in [-0.39, 0.29) is 0 Å². The second kappa shape index (κ2) is 13.7. The highest BCUT2D eigenvalue weighted by molar-refractivity contribution is 5.93. The predicted octanol–water partition coefficient (Wildman–Crippen LogP) is 13.5. The third-order valence-electron chi connectivity index (χ3n) is 9.11. The molecule has 0 atom stereocenters. The Hall–Kier alpha value is -6.44. The summed E-state index contributed by atoms with van der Waals surface area (Å²) in [6, 6.07) is 75.9. The second-order valence-electron chi connectivity index (χ2n) is 12.1. The molecular formula is C48H35N. The van der Waals surface area contributed by atoms with E-state index in [1.165, 1.54) is 55.6 Å². The van der Waals surface area contributed by atoms with Crippen LogP contribution in [0.25, 0.3) is 55.6 Å². The van der Waals surface area contributed by atoms with Crippen LogP contribution in [0.5, 0.6) is 0 Å². The molecule has 0 aromatic heterocycles. The normalized spacial score (nSPS) is 10.9. The number of para-hydroxylation sites is 1. The molecule has 0 radical (unpaired) electrons. The Morgan fingerprint density at radius 1 is 0.204 bits per heavy atom. The molecule has 0 N–H and O–H groups in total. The standard InChI is InChI=1S/C48H35N/c1-5-17-36(18-6-1)43-25-13-15-27-46(43)47-28-16-14-26-44(47)39-29-31-41(32-30-39)49(40-23-11-4-12-24-40)42-33-34-45(37-19-7-2-8-20-37)48(35-42)38-21-9-3-10-22-38/h1-35H. The first-order valence-electron chi connectivity index (χ1n) is 16.8. The Balaban J connectivity index is 1.22. The quantitative estimate of drug-likeness (QED) is 0.162. The van der Waals surface area contributed by atoms with Crippen molar-refractivity contribution >= 4 is 17.1 Å². The average molecular weight is 626 g/mol. The van der Waals surface area contributed by atoms with Gasteiger partial charge in [-0.2, -0.15) is 0 Å². The zero-order valence-corrected chi connectivity index (χ0v) is 27.2. The molecule has 0 fully saturated rings. The molecule has 8 rings (SSSR count). The minimum atomic E-state index is 1.10. The Morgan fingerprint density at radius 2 is 0.531 bits per heavy atom. The van der Waals surface area contributed by atoms with Crippen molar-refractivity contribution in [2.24, 2.45) is 0 Å². The molecule has 0 unspecified atom stereocenters. The van der Waals surface area contributed by atoms with Gasteiger partial charge in [-0.05, 0) is 92.0 Å². The van der Waals surface area contributed by atoms with Gasteiger partial charge in [-0.25, -0.2) is 0 Å². The van der Waals surface area contributed by atoms with Gasteiger partial charge in [0, 0.05) is 17.1 Å². The van der Waals surface area contributed by atoms with Gasteiger partial charge in [0.15, 0.2) is 0 Å².